The fraction of sp³-hybridized carbons (Fsp3) is 0.353. The fourth-order valence-electron chi connectivity index (χ4n) is 2.59. The van der Waals surface area contributed by atoms with E-state index in [4.69, 9.17) is 4.74 Å². The van der Waals surface area contributed by atoms with E-state index in [1.807, 2.05) is 42.2 Å². The van der Waals surface area contributed by atoms with E-state index in [1.165, 1.54) is 0 Å². The Labute approximate surface area is 130 Å². The van der Waals surface area contributed by atoms with Gasteiger partial charge in [-0.1, -0.05) is 12.1 Å². The minimum absolute atomic E-state index is 0.0205. The van der Waals surface area contributed by atoms with Crippen molar-refractivity contribution in [3.05, 3.63) is 54.0 Å². The Balaban J connectivity index is 1.54. The van der Waals surface area contributed by atoms with Gasteiger partial charge in [-0.15, -0.1) is 0 Å². The van der Waals surface area contributed by atoms with E-state index < -0.39 is 0 Å². The van der Waals surface area contributed by atoms with Crippen molar-refractivity contribution >= 4 is 5.91 Å². The molecular weight excluding hydrogens is 278 g/mol. The topological polar surface area (TPSA) is 55.3 Å². The van der Waals surface area contributed by atoms with Crippen LogP contribution in [0.25, 0.3) is 0 Å². The number of hydrogen-bond acceptors (Lipinski definition) is 4. The van der Waals surface area contributed by atoms with Gasteiger partial charge < -0.3 is 9.64 Å². The Morgan fingerprint density at radius 2 is 2.27 bits per heavy atom. The van der Waals surface area contributed by atoms with Gasteiger partial charge in [0.05, 0.1) is 13.0 Å². The van der Waals surface area contributed by atoms with Gasteiger partial charge in [0, 0.05) is 37.1 Å². The lowest BCUT2D eigenvalue weighted by molar-refractivity contribution is -0.129. The molecule has 2 aromatic rings. The number of aryl methyl sites for hydroxylation is 1. The number of rotatable bonds is 4. The molecule has 22 heavy (non-hydrogen) atoms. The number of aromatic nitrogens is 2. The molecule has 1 atom stereocenters. The minimum atomic E-state index is 0.0205. The Kier molecular flexibility index (Phi) is 4.32. The molecule has 0 saturated carbocycles. The second-order valence-corrected chi connectivity index (χ2v) is 5.52. The van der Waals surface area contributed by atoms with Crippen molar-refractivity contribution in [3.63, 3.8) is 0 Å². The number of amides is 1. The predicted molar refractivity (Wildman–Crippen MR) is 82.5 cm³/mol. The molecule has 0 bridgehead atoms. The van der Waals surface area contributed by atoms with Gasteiger partial charge in [0.15, 0.2) is 0 Å². The van der Waals surface area contributed by atoms with Crippen molar-refractivity contribution < 1.29 is 9.53 Å². The Hall–Kier alpha value is -2.43. The van der Waals surface area contributed by atoms with Gasteiger partial charge in [-0.2, -0.15) is 0 Å². The number of carbonyl (C=O) groups excluding carboxylic acids is 1. The molecule has 1 aliphatic rings. The second kappa shape index (κ2) is 6.56. The van der Waals surface area contributed by atoms with Crippen molar-refractivity contribution in [2.24, 2.45) is 0 Å². The monoisotopic (exact) mass is 297 g/mol. The van der Waals surface area contributed by atoms with Crippen LogP contribution in [0.1, 0.15) is 17.7 Å². The van der Waals surface area contributed by atoms with Gasteiger partial charge >= 0.3 is 0 Å². The molecule has 3 rings (SSSR count). The van der Waals surface area contributed by atoms with Gasteiger partial charge in [-0.3, -0.25) is 9.78 Å². The molecule has 0 aromatic carbocycles. The summed E-state index contributed by atoms with van der Waals surface area (Å²) in [6.45, 7) is 3.29. The molecule has 0 aliphatic carbocycles. The van der Waals surface area contributed by atoms with E-state index in [1.54, 1.807) is 12.4 Å². The Morgan fingerprint density at radius 1 is 1.36 bits per heavy atom. The van der Waals surface area contributed by atoms with Crippen molar-refractivity contribution in [1.82, 2.24) is 14.9 Å². The second-order valence-electron chi connectivity index (χ2n) is 5.52. The summed E-state index contributed by atoms with van der Waals surface area (Å²) in [5.41, 5.74) is 1.87. The summed E-state index contributed by atoms with van der Waals surface area (Å²) in [6.07, 6.45) is 4.70. The third kappa shape index (κ3) is 3.61. The quantitative estimate of drug-likeness (QED) is 0.866. The van der Waals surface area contributed by atoms with Crippen LogP contribution in [0, 0.1) is 6.92 Å². The molecule has 1 saturated heterocycles. The summed E-state index contributed by atoms with van der Waals surface area (Å²) in [5.74, 6) is 0.753. The van der Waals surface area contributed by atoms with E-state index in [0.717, 1.165) is 24.2 Å². The summed E-state index contributed by atoms with van der Waals surface area (Å²) in [6, 6.07) is 9.49. The van der Waals surface area contributed by atoms with Crippen LogP contribution in [0.5, 0.6) is 5.88 Å². The van der Waals surface area contributed by atoms with Crippen molar-refractivity contribution in [2.75, 3.05) is 13.1 Å². The number of carbonyl (C=O) groups is 1. The van der Waals surface area contributed by atoms with Crippen LogP contribution in [0.2, 0.25) is 0 Å². The first-order chi connectivity index (χ1) is 10.7. The van der Waals surface area contributed by atoms with E-state index in [-0.39, 0.29) is 12.0 Å². The first-order valence-corrected chi connectivity index (χ1v) is 7.48. The first-order valence-electron chi connectivity index (χ1n) is 7.48. The molecule has 1 aliphatic heterocycles. The highest BCUT2D eigenvalue weighted by molar-refractivity contribution is 5.79. The lowest BCUT2D eigenvalue weighted by Gasteiger charge is -2.17. The van der Waals surface area contributed by atoms with Gasteiger partial charge in [0.1, 0.15) is 6.10 Å². The van der Waals surface area contributed by atoms with Gasteiger partial charge in [-0.05, 0) is 24.6 Å². The van der Waals surface area contributed by atoms with Gasteiger partial charge in [0.25, 0.3) is 0 Å². The lowest BCUT2D eigenvalue weighted by Crippen LogP contribution is -2.32. The van der Waals surface area contributed by atoms with E-state index in [9.17, 15) is 4.79 Å². The zero-order valence-corrected chi connectivity index (χ0v) is 12.6. The molecule has 2 aromatic heterocycles. The molecule has 1 fully saturated rings. The zero-order valence-electron chi connectivity index (χ0n) is 12.6. The van der Waals surface area contributed by atoms with Crippen LogP contribution in [0.3, 0.4) is 0 Å². The van der Waals surface area contributed by atoms with Crippen molar-refractivity contribution in [1.29, 1.82) is 0 Å². The van der Waals surface area contributed by atoms with Crippen LogP contribution in [0.15, 0.2) is 42.7 Å². The van der Waals surface area contributed by atoms with Gasteiger partial charge in [-0.25, -0.2) is 4.98 Å². The molecule has 5 nitrogen and oxygen atoms in total. The summed E-state index contributed by atoms with van der Waals surface area (Å²) in [4.78, 5) is 22.5. The zero-order chi connectivity index (χ0) is 15.4. The normalized spacial score (nSPS) is 17.5. The highest BCUT2D eigenvalue weighted by atomic mass is 16.5. The number of nitrogens with zero attached hydrogens (tertiary/aromatic N) is 3. The molecule has 0 unspecified atom stereocenters. The largest absolute Gasteiger partial charge is 0.472 e. The maximum atomic E-state index is 12.3. The summed E-state index contributed by atoms with van der Waals surface area (Å²) < 4.78 is 5.87. The lowest BCUT2D eigenvalue weighted by atomic mass is 10.2. The number of pyridine rings is 2. The van der Waals surface area contributed by atoms with Crippen LogP contribution in [0.4, 0.5) is 0 Å². The van der Waals surface area contributed by atoms with Crippen LogP contribution in [-0.4, -0.2) is 40.0 Å². The van der Waals surface area contributed by atoms with E-state index in [2.05, 4.69) is 9.97 Å². The Morgan fingerprint density at radius 3 is 3.05 bits per heavy atom. The maximum absolute atomic E-state index is 12.3. The molecular formula is C17H19N3O2. The fourth-order valence-corrected chi connectivity index (χ4v) is 2.59. The SMILES string of the molecule is Cc1cccc(O[C@@H]2CCN(C(=O)Cc3cccnc3)C2)n1. The van der Waals surface area contributed by atoms with Crippen molar-refractivity contribution in [2.45, 2.75) is 25.9 Å². The first kappa shape index (κ1) is 14.5. The molecule has 5 heteroatoms. The number of hydrogen-bond donors (Lipinski definition) is 0. The molecule has 114 valence electrons. The highest BCUT2D eigenvalue weighted by Crippen LogP contribution is 2.17. The van der Waals surface area contributed by atoms with E-state index in [0.29, 0.717) is 18.8 Å². The average Bonchev–Trinajstić information content (AvgIpc) is 2.97. The van der Waals surface area contributed by atoms with Crippen LogP contribution >= 0.6 is 0 Å². The summed E-state index contributed by atoms with van der Waals surface area (Å²) >= 11 is 0. The molecule has 1 amide bonds. The third-order valence-corrected chi connectivity index (χ3v) is 3.73. The molecule has 3 heterocycles. The number of likely N-dealkylation sites (tertiary alicyclic amines) is 1. The molecule has 0 radical (unpaired) electrons. The van der Waals surface area contributed by atoms with Gasteiger partial charge in [0.2, 0.25) is 11.8 Å². The average molecular weight is 297 g/mol. The van der Waals surface area contributed by atoms with E-state index >= 15 is 0 Å². The summed E-state index contributed by atoms with van der Waals surface area (Å²) in [5, 5.41) is 0. The third-order valence-electron chi connectivity index (χ3n) is 3.73. The number of ether oxygens (including phenoxy) is 1. The standard InChI is InChI=1S/C17H19N3O2/c1-13-4-2-6-16(19-13)22-15-7-9-20(12-15)17(21)10-14-5-3-8-18-11-14/h2-6,8,11,15H,7,9-10,12H2,1H3/t15-/m1/s1. The smallest absolute Gasteiger partial charge is 0.227 e. The van der Waals surface area contributed by atoms with Crippen molar-refractivity contribution in [3.8, 4) is 5.88 Å². The highest BCUT2D eigenvalue weighted by Gasteiger charge is 2.27. The minimum Gasteiger partial charge on any atom is -0.472 e. The molecule has 0 spiro atoms. The maximum Gasteiger partial charge on any atom is 0.227 e. The predicted octanol–water partition coefficient (Wildman–Crippen LogP) is 2.01. The Bertz CT molecular complexity index is 645. The van der Waals surface area contributed by atoms with Crippen LogP contribution in [-0.2, 0) is 11.2 Å². The molecule has 0 N–H and O–H groups in total. The van der Waals surface area contributed by atoms with Crippen LogP contribution < -0.4 is 4.74 Å². The summed E-state index contributed by atoms with van der Waals surface area (Å²) in [7, 11) is 0.